The van der Waals surface area contributed by atoms with Crippen LogP contribution in [-0.2, 0) is 42.9 Å². The van der Waals surface area contributed by atoms with Gasteiger partial charge in [-0.1, -0.05) is 135 Å². The SMILES string of the molecule is CCCCCCCCCCOC(=O)CC(O)CC(=O)OCCCCCCCC(=O)OCCCCCCCCCCCC(=O)OCCCCCCCC(=O)O. The van der Waals surface area contributed by atoms with Crippen molar-refractivity contribution >= 4 is 29.8 Å². The summed E-state index contributed by atoms with van der Waals surface area (Å²) < 4.78 is 21.0. The van der Waals surface area contributed by atoms with Gasteiger partial charge in [0.1, 0.15) is 0 Å². The highest BCUT2D eigenvalue weighted by Crippen LogP contribution is 2.13. The molecule has 2 N–H and O–H groups in total. The minimum absolute atomic E-state index is 0.120. The van der Waals surface area contributed by atoms with Crippen LogP contribution in [0.2, 0.25) is 0 Å². The van der Waals surface area contributed by atoms with E-state index in [4.69, 9.17) is 24.1 Å². The average molecular weight is 771 g/mol. The highest BCUT2D eigenvalue weighted by Gasteiger charge is 2.17. The van der Waals surface area contributed by atoms with Crippen LogP contribution in [0.3, 0.4) is 0 Å². The topological polar surface area (TPSA) is 163 Å². The Morgan fingerprint density at radius 1 is 0.370 bits per heavy atom. The number of carboxylic acid groups (broad SMARTS) is 1. The van der Waals surface area contributed by atoms with E-state index in [0.29, 0.717) is 45.5 Å². The van der Waals surface area contributed by atoms with Gasteiger partial charge in [0.25, 0.3) is 0 Å². The van der Waals surface area contributed by atoms with Crippen molar-refractivity contribution in [3.63, 3.8) is 0 Å². The number of hydrogen-bond acceptors (Lipinski definition) is 10. The van der Waals surface area contributed by atoms with Crippen molar-refractivity contribution in [3.8, 4) is 0 Å². The molecule has 0 bridgehead atoms. The maximum absolute atomic E-state index is 12.0. The first-order chi connectivity index (χ1) is 26.2. The maximum Gasteiger partial charge on any atom is 0.308 e. The molecule has 0 fully saturated rings. The maximum atomic E-state index is 12.0. The van der Waals surface area contributed by atoms with Crippen molar-refractivity contribution in [2.45, 2.75) is 218 Å². The van der Waals surface area contributed by atoms with Crippen molar-refractivity contribution in [1.29, 1.82) is 0 Å². The van der Waals surface area contributed by atoms with Crippen LogP contribution < -0.4 is 0 Å². The zero-order valence-electron chi connectivity index (χ0n) is 34.1. The zero-order valence-corrected chi connectivity index (χ0v) is 34.1. The van der Waals surface area contributed by atoms with Crippen LogP contribution in [-0.4, -0.2) is 72.6 Å². The molecule has 0 amide bonds. The Morgan fingerprint density at radius 3 is 0.944 bits per heavy atom. The fourth-order valence-corrected chi connectivity index (χ4v) is 6.12. The molecule has 11 nitrogen and oxygen atoms in total. The van der Waals surface area contributed by atoms with Gasteiger partial charge in [-0.05, 0) is 44.9 Å². The molecular formula is C43H78O11. The number of carbonyl (C=O) groups is 5. The summed E-state index contributed by atoms with van der Waals surface area (Å²) in [7, 11) is 0. The van der Waals surface area contributed by atoms with Crippen molar-refractivity contribution in [2.24, 2.45) is 0 Å². The predicted octanol–water partition coefficient (Wildman–Crippen LogP) is 10.1. The molecule has 0 spiro atoms. The molecular weight excluding hydrogens is 692 g/mol. The van der Waals surface area contributed by atoms with E-state index in [9.17, 15) is 29.1 Å². The molecule has 1 unspecified atom stereocenters. The lowest BCUT2D eigenvalue weighted by Crippen LogP contribution is -2.21. The third-order valence-corrected chi connectivity index (χ3v) is 9.44. The van der Waals surface area contributed by atoms with Gasteiger partial charge in [0.05, 0.1) is 45.4 Å². The first-order valence-corrected chi connectivity index (χ1v) is 21.8. The van der Waals surface area contributed by atoms with Crippen LogP contribution in [0.25, 0.3) is 0 Å². The van der Waals surface area contributed by atoms with Gasteiger partial charge in [-0.2, -0.15) is 0 Å². The van der Waals surface area contributed by atoms with E-state index >= 15 is 0 Å². The number of aliphatic hydroxyl groups is 1. The summed E-state index contributed by atoms with van der Waals surface area (Å²) in [5.41, 5.74) is 0. The molecule has 0 aromatic rings. The molecule has 0 aromatic carbocycles. The van der Waals surface area contributed by atoms with Crippen molar-refractivity contribution in [1.82, 2.24) is 0 Å². The molecule has 11 heteroatoms. The van der Waals surface area contributed by atoms with Gasteiger partial charge in [-0.15, -0.1) is 0 Å². The largest absolute Gasteiger partial charge is 0.481 e. The summed E-state index contributed by atoms with van der Waals surface area (Å²) in [6.45, 7) is 3.76. The number of ether oxygens (including phenoxy) is 4. The third kappa shape index (κ3) is 40.5. The summed E-state index contributed by atoms with van der Waals surface area (Å²) in [6.07, 6.45) is 27.1. The highest BCUT2D eigenvalue weighted by atomic mass is 16.5. The number of hydrogen-bond donors (Lipinski definition) is 2. The number of carbonyl (C=O) groups excluding carboxylic acids is 4. The minimum Gasteiger partial charge on any atom is -0.481 e. The molecule has 0 aliphatic heterocycles. The molecule has 0 radical (unpaired) electrons. The lowest BCUT2D eigenvalue weighted by Gasteiger charge is -2.10. The van der Waals surface area contributed by atoms with Crippen LogP contribution in [0, 0.1) is 0 Å². The second-order valence-electron chi connectivity index (χ2n) is 14.8. The zero-order chi connectivity index (χ0) is 39.7. The van der Waals surface area contributed by atoms with Gasteiger partial charge in [0.15, 0.2) is 0 Å². The van der Waals surface area contributed by atoms with Crippen LogP contribution >= 0.6 is 0 Å². The summed E-state index contributed by atoms with van der Waals surface area (Å²) >= 11 is 0. The quantitative estimate of drug-likeness (QED) is 0.0346. The molecule has 54 heavy (non-hydrogen) atoms. The average Bonchev–Trinajstić information content (AvgIpc) is 3.13. The number of aliphatic hydroxyl groups excluding tert-OH is 1. The fourth-order valence-electron chi connectivity index (χ4n) is 6.12. The predicted molar refractivity (Wildman–Crippen MR) is 211 cm³/mol. The molecule has 0 aliphatic rings. The molecule has 0 saturated heterocycles. The smallest absolute Gasteiger partial charge is 0.308 e. The van der Waals surface area contributed by atoms with E-state index in [-0.39, 0.29) is 37.8 Å². The normalized spacial score (nSPS) is 11.6. The summed E-state index contributed by atoms with van der Waals surface area (Å²) in [5, 5.41) is 18.6. The monoisotopic (exact) mass is 771 g/mol. The first-order valence-electron chi connectivity index (χ1n) is 21.8. The molecule has 0 heterocycles. The van der Waals surface area contributed by atoms with Gasteiger partial charge < -0.3 is 29.2 Å². The Labute approximate surface area is 327 Å². The van der Waals surface area contributed by atoms with E-state index in [1.54, 1.807) is 0 Å². The second-order valence-corrected chi connectivity index (χ2v) is 14.8. The Bertz CT molecular complexity index is 923. The van der Waals surface area contributed by atoms with Gasteiger partial charge in [0.2, 0.25) is 0 Å². The summed E-state index contributed by atoms with van der Waals surface area (Å²) in [4.78, 5) is 58.1. The van der Waals surface area contributed by atoms with Crippen molar-refractivity contribution in [2.75, 3.05) is 26.4 Å². The Kier molecular flexibility index (Phi) is 38.0. The van der Waals surface area contributed by atoms with Crippen molar-refractivity contribution in [3.05, 3.63) is 0 Å². The minimum atomic E-state index is -1.10. The van der Waals surface area contributed by atoms with Crippen LogP contribution in [0.4, 0.5) is 0 Å². The van der Waals surface area contributed by atoms with E-state index in [2.05, 4.69) is 6.92 Å². The van der Waals surface area contributed by atoms with E-state index in [1.165, 1.54) is 51.4 Å². The lowest BCUT2D eigenvalue weighted by molar-refractivity contribution is -0.150. The van der Waals surface area contributed by atoms with E-state index in [0.717, 1.165) is 109 Å². The van der Waals surface area contributed by atoms with Crippen LogP contribution in [0.5, 0.6) is 0 Å². The molecule has 0 saturated carbocycles. The summed E-state index contributed by atoms with van der Waals surface area (Å²) in [5.74, 6) is -2.01. The summed E-state index contributed by atoms with van der Waals surface area (Å²) in [6, 6.07) is 0. The molecule has 316 valence electrons. The molecule has 0 aliphatic carbocycles. The molecule has 1 atom stereocenters. The third-order valence-electron chi connectivity index (χ3n) is 9.44. The van der Waals surface area contributed by atoms with Gasteiger partial charge in [0, 0.05) is 19.3 Å². The van der Waals surface area contributed by atoms with Crippen molar-refractivity contribution < 1.29 is 53.1 Å². The fraction of sp³-hybridized carbons (Fsp3) is 0.884. The van der Waals surface area contributed by atoms with Gasteiger partial charge in [-0.3, -0.25) is 24.0 Å². The van der Waals surface area contributed by atoms with Crippen LogP contribution in [0.15, 0.2) is 0 Å². The number of aliphatic carboxylic acids is 1. The number of carboxylic acids is 1. The molecule has 0 aromatic heterocycles. The Balaban J connectivity index is 3.43. The van der Waals surface area contributed by atoms with E-state index < -0.39 is 24.0 Å². The van der Waals surface area contributed by atoms with Gasteiger partial charge in [-0.25, -0.2) is 0 Å². The molecule has 0 rings (SSSR count). The van der Waals surface area contributed by atoms with Gasteiger partial charge >= 0.3 is 29.8 Å². The first kappa shape index (κ1) is 51.3. The van der Waals surface area contributed by atoms with E-state index in [1.807, 2.05) is 0 Å². The number of esters is 4. The number of unbranched alkanes of at least 4 members (excludes halogenated alkanes) is 23. The number of rotatable bonds is 41. The standard InChI is InChI=1S/C43H78O11/c1-2-3-4-5-6-11-19-27-34-53-42(49)36-38(44)37-43(50)54-35-28-21-14-17-24-31-41(48)51-32-25-18-12-9-7-8-10-16-23-30-40(47)52-33-26-20-13-15-22-29-39(45)46/h38,44H,2-37H2,1H3,(H,45,46). The Morgan fingerprint density at radius 2 is 0.630 bits per heavy atom. The lowest BCUT2D eigenvalue weighted by atomic mass is 10.1. The second kappa shape index (κ2) is 40.0. The van der Waals surface area contributed by atoms with Crippen LogP contribution in [0.1, 0.15) is 212 Å². The highest BCUT2D eigenvalue weighted by molar-refractivity contribution is 5.73. The Hall–Kier alpha value is -2.69.